The summed E-state index contributed by atoms with van der Waals surface area (Å²) in [6.45, 7) is 6.39. The molecule has 0 amide bonds. The molecule has 5 rings (SSSR count). The number of benzene rings is 4. The molecule has 4 nitrogen and oxygen atoms in total. The molecular weight excluding hydrogens is 456 g/mol. The molecule has 4 aromatic carbocycles. The van der Waals surface area contributed by atoms with Crippen LogP contribution in [0.2, 0.25) is 0 Å². The average Bonchev–Trinajstić information content (AvgIpc) is 3.28. The van der Waals surface area contributed by atoms with E-state index in [0.29, 0.717) is 5.56 Å². The number of allylic oxidation sites excluding steroid dienone is 5. The van der Waals surface area contributed by atoms with Gasteiger partial charge in [0.25, 0.3) is 5.69 Å². The Morgan fingerprint density at radius 1 is 0.811 bits per heavy atom. The Morgan fingerprint density at radius 3 is 2.14 bits per heavy atom. The Labute approximate surface area is 216 Å². The largest absolute Gasteiger partial charge is 0.309 e. The minimum Gasteiger partial charge on any atom is -0.309 e. The maximum atomic E-state index is 11.8. The molecule has 0 N–H and O–H groups in total. The van der Waals surface area contributed by atoms with Crippen LogP contribution in [0.3, 0.4) is 0 Å². The zero-order valence-corrected chi connectivity index (χ0v) is 20.5. The molecule has 37 heavy (non-hydrogen) atoms. The van der Waals surface area contributed by atoms with Crippen LogP contribution in [0, 0.1) is 10.1 Å². The third-order valence-electron chi connectivity index (χ3n) is 6.37. The first-order valence-electron chi connectivity index (χ1n) is 12.1. The second-order valence-corrected chi connectivity index (χ2v) is 8.67. The third-order valence-corrected chi connectivity index (χ3v) is 6.37. The third kappa shape index (κ3) is 4.53. The first-order valence-corrected chi connectivity index (χ1v) is 12.1. The smallest absolute Gasteiger partial charge is 0.277 e. The fourth-order valence-electron chi connectivity index (χ4n) is 4.75. The van der Waals surface area contributed by atoms with Crippen molar-refractivity contribution >= 4 is 22.3 Å². The van der Waals surface area contributed by atoms with E-state index in [9.17, 15) is 10.1 Å². The molecule has 0 radical (unpaired) electrons. The van der Waals surface area contributed by atoms with Crippen molar-refractivity contribution in [2.24, 2.45) is 0 Å². The van der Waals surface area contributed by atoms with Crippen LogP contribution in [0.4, 0.5) is 5.69 Å². The molecular formula is C33H26N2O2. The van der Waals surface area contributed by atoms with Gasteiger partial charge in [-0.15, -0.1) is 0 Å². The van der Waals surface area contributed by atoms with Crippen LogP contribution in [0.5, 0.6) is 0 Å². The Bertz CT molecular complexity index is 1660. The number of nitro groups is 1. The number of para-hydroxylation sites is 1. The quantitative estimate of drug-likeness (QED) is 0.132. The minimum atomic E-state index is -0.331. The topological polar surface area (TPSA) is 48.1 Å². The first-order chi connectivity index (χ1) is 18.1. The van der Waals surface area contributed by atoms with E-state index in [4.69, 9.17) is 0 Å². The summed E-state index contributed by atoms with van der Waals surface area (Å²) in [5, 5.41) is 12.8. The number of aromatic nitrogens is 1. The van der Waals surface area contributed by atoms with Crippen molar-refractivity contribution in [1.82, 2.24) is 4.57 Å². The van der Waals surface area contributed by atoms with Gasteiger partial charge in [-0.25, -0.2) is 0 Å². The van der Waals surface area contributed by atoms with Crippen LogP contribution in [-0.2, 0) is 0 Å². The fraction of sp³-hybridized carbons (Fsp3) is 0.0303. The van der Waals surface area contributed by atoms with Gasteiger partial charge >= 0.3 is 0 Å². The standard InChI is InChI=1S/C33H26N2O2/c1-3-4-7-14-24(2)34-31-23-27(28-19-12-13-20-30(28)35(36)37)21-22-29(31)32(25-15-8-5-9-16-25)33(34)26-17-10-6-11-18-26/h3-23H,2H2,1H3/b4-3-,14-7-. The van der Waals surface area contributed by atoms with Gasteiger partial charge in [0.2, 0.25) is 0 Å². The number of rotatable bonds is 7. The second-order valence-electron chi connectivity index (χ2n) is 8.67. The number of nitro benzene ring substituents is 1. The van der Waals surface area contributed by atoms with Crippen LogP contribution in [0.15, 0.2) is 134 Å². The molecule has 0 aliphatic heterocycles. The van der Waals surface area contributed by atoms with Crippen LogP contribution in [-0.4, -0.2) is 9.49 Å². The highest BCUT2D eigenvalue weighted by Crippen LogP contribution is 2.44. The Balaban J connectivity index is 1.89. The van der Waals surface area contributed by atoms with Crippen molar-refractivity contribution in [2.45, 2.75) is 6.92 Å². The summed E-state index contributed by atoms with van der Waals surface area (Å²) in [7, 11) is 0. The van der Waals surface area contributed by atoms with Gasteiger partial charge in [0.15, 0.2) is 0 Å². The van der Waals surface area contributed by atoms with Crippen LogP contribution in [0.1, 0.15) is 6.92 Å². The molecule has 180 valence electrons. The van der Waals surface area contributed by atoms with Gasteiger partial charge < -0.3 is 4.57 Å². The van der Waals surface area contributed by atoms with E-state index in [1.807, 2.05) is 85.8 Å². The lowest BCUT2D eigenvalue weighted by Crippen LogP contribution is -1.97. The zero-order chi connectivity index (χ0) is 25.8. The summed E-state index contributed by atoms with van der Waals surface area (Å²) < 4.78 is 2.16. The van der Waals surface area contributed by atoms with Gasteiger partial charge in [0.1, 0.15) is 0 Å². The molecule has 0 spiro atoms. The van der Waals surface area contributed by atoms with Gasteiger partial charge in [-0.1, -0.05) is 110 Å². The van der Waals surface area contributed by atoms with E-state index in [0.717, 1.165) is 44.5 Å². The second kappa shape index (κ2) is 10.3. The number of fused-ring (bicyclic) bond motifs is 1. The molecule has 0 unspecified atom stereocenters. The fourth-order valence-corrected chi connectivity index (χ4v) is 4.75. The predicted molar refractivity (Wildman–Crippen MR) is 154 cm³/mol. The van der Waals surface area contributed by atoms with Crippen molar-refractivity contribution in [2.75, 3.05) is 0 Å². The van der Waals surface area contributed by atoms with E-state index >= 15 is 0 Å². The lowest BCUT2D eigenvalue weighted by atomic mass is 9.96. The Morgan fingerprint density at radius 2 is 1.46 bits per heavy atom. The Kier molecular flexibility index (Phi) is 6.64. The van der Waals surface area contributed by atoms with Crippen LogP contribution in [0.25, 0.3) is 50.1 Å². The summed E-state index contributed by atoms with van der Waals surface area (Å²) in [5.41, 5.74) is 7.45. The highest BCUT2D eigenvalue weighted by Gasteiger charge is 2.22. The van der Waals surface area contributed by atoms with E-state index < -0.39 is 0 Å². The molecule has 0 fully saturated rings. The van der Waals surface area contributed by atoms with Crippen LogP contribution < -0.4 is 0 Å². The normalized spacial score (nSPS) is 11.5. The van der Waals surface area contributed by atoms with Crippen molar-refractivity contribution in [1.29, 1.82) is 0 Å². The highest BCUT2D eigenvalue weighted by atomic mass is 16.6. The lowest BCUT2D eigenvalue weighted by Gasteiger charge is -2.13. The number of hydrogen-bond acceptors (Lipinski definition) is 2. The maximum Gasteiger partial charge on any atom is 0.277 e. The summed E-state index contributed by atoms with van der Waals surface area (Å²) in [4.78, 5) is 11.4. The summed E-state index contributed by atoms with van der Waals surface area (Å²) in [6.07, 6.45) is 7.89. The molecule has 0 atom stereocenters. The summed E-state index contributed by atoms with van der Waals surface area (Å²) >= 11 is 0. The molecule has 5 aromatic rings. The minimum absolute atomic E-state index is 0.0818. The van der Waals surface area contributed by atoms with Gasteiger partial charge in [-0.3, -0.25) is 10.1 Å². The van der Waals surface area contributed by atoms with Crippen LogP contribution >= 0.6 is 0 Å². The molecule has 1 aromatic heterocycles. The molecule has 0 saturated heterocycles. The Hall–Kier alpha value is -4.96. The predicted octanol–water partition coefficient (Wildman–Crippen LogP) is 9.15. The molecule has 0 bridgehead atoms. The van der Waals surface area contributed by atoms with Gasteiger partial charge in [-0.05, 0) is 41.8 Å². The van der Waals surface area contributed by atoms with Gasteiger partial charge in [0, 0.05) is 22.7 Å². The van der Waals surface area contributed by atoms with Crippen molar-refractivity contribution < 1.29 is 4.92 Å². The molecule has 0 aliphatic carbocycles. The molecule has 4 heteroatoms. The lowest BCUT2D eigenvalue weighted by molar-refractivity contribution is -0.384. The monoisotopic (exact) mass is 482 g/mol. The number of nitrogens with zero attached hydrogens (tertiary/aromatic N) is 2. The average molecular weight is 483 g/mol. The summed E-state index contributed by atoms with van der Waals surface area (Å²) in [5.74, 6) is 0. The SMILES string of the molecule is C=C(/C=C\C=C/C)n1c(-c2ccccc2)c(-c2ccccc2)c2ccc(-c3ccccc3[N+](=O)[O-])cc21. The number of hydrogen-bond donors (Lipinski definition) is 0. The van der Waals surface area contributed by atoms with E-state index in [1.165, 1.54) is 0 Å². The van der Waals surface area contributed by atoms with Crippen molar-refractivity contribution in [3.63, 3.8) is 0 Å². The van der Waals surface area contributed by atoms with E-state index in [1.54, 1.807) is 18.2 Å². The zero-order valence-electron chi connectivity index (χ0n) is 20.5. The van der Waals surface area contributed by atoms with Gasteiger partial charge in [-0.2, -0.15) is 0 Å². The maximum absolute atomic E-state index is 11.8. The van der Waals surface area contributed by atoms with Gasteiger partial charge in [0.05, 0.1) is 21.7 Å². The van der Waals surface area contributed by atoms with Crippen molar-refractivity contribution in [3.8, 4) is 33.5 Å². The van der Waals surface area contributed by atoms with E-state index in [2.05, 4.69) is 41.5 Å². The first kappa shape index (κ1) is 23.8. The van der Waals surface area contributed by atoms with Crippen molar-refractivity contribution in [3.05, 3.63) is 144 Å². The highest BCUT2D eigenvalue weighted by molar-refractivity contribution is 6.08. The van der Waals surface area contributed by atoms with E-state index in [-0.39, 0.29) is 10.6 Å². The summed E-state index contributed by atoms with van der Waals surface area (Å²) in [6, 6.07) is 33.5. The molecule has 0 saturated carbocycles. The molecule has 0 aliphatic rings. The molecule has 1 heterocycles.